The first-order valence-electron chi connectivity index (χ1n) is 7.40. The molecule has 0 aromatic carbocycles. The second kappa shape index (κ2) is 6.50. The number of rotatable bonds is 4. The van der Waals surface area contributed by atoms with Crippen LogP contribution in [0.2, 0.25) is 0 Å². The third-order valence-corrected chi connectivity index (χ3v) is 4.69. The number of thiazole rings is 1. The van der Waals surface area contributed by atoms with Crippen molar-refractivity contribution in [3.63, 3.8) is 0 Å². The highest BCUT2D eigenvalue weighted by molar-refractivity contribution is 7.13. The Morgan fingerprint density at radius 3 is 2.73 bits per heavy atom. The first-order chi connectivity index (χ1) is 10.7. The average Bonchev–Trinajstić information content (AvgIpc) is 3.04. The maximum absolute atomic E-state index is 12.2. The number of nitrogens with one attached hydrogen (secondary N) is 1. The Balaban J connectivity index is 1.62. The average molecular weight is 318 g/mol. The van der Waals surface area contributed by atoms with Gasteiger partial charge in [0.1, 0.15) is 5.69 Å². The van der Waals surface area contributed by atoms with Gasteiger partial charge >= 0.3 is 0 Å². The summed E-state index contributed by atoms with van der Waals surface area (Å²) in [6.45, 7) is 0.278. The number of carbonyl (C=O) groups is 1. The molecule has 0 bridgehead atoms. The summed E-state index contributed by atoms with van der Waals surface area (Å²) in [5.41, 5.74) is -0.429. The van der Waals surface area contributed by atoms with Crippen molar-refractivity contribution in [2.45, 2.75) is 37.7 Å². The predicted molar refractivity (Wildman–Crippen MR) is 83.5 cm³/mol. The van der Waals surface area contributed by atoms with Gasteiger partial charge in [0.25, 0.3) is 5.91 Å². The van der Waals surface area contributed by atoms with E-state index < -0.39 is 5.60 Å². The lowest BCUT2D eigenvalue weighted by Gasteiger charge is -2.31. The molecule has 2 N–H and O–H groups in total. The zero-order chi connectivity index (χ0) is 15.4. The van der Waals surface area contributed by atoms with E-state index in [9.17, 15) is 9.90 Å². The van der Waals surface area contributed by atoms with Crippen molar-refractivity contribution in [2.75, 3.05) is 6.54 Å². The van der Waals surface area contributed by atoms with Gasteiger partial charge in [-0.3, -0.25) is 4.79 Å². The van der Waals surface area contributed by atoms with Crippen molar-refractivity contribution in [2.24, 2.45) is 0 Å². The van der Waals surface area contributed by atoms with E-state index in [1.807, 2.05) is 0 Å². The van der Waals surface area contributed by atoms with Crippen LogP contribution in [0.5, 0.6) is 0 Å². The maximum atomic E-state index is 12.2. The molecule has 116 valence electrons. The number of carbonyl (C=O) groups excluding carboxylic acids is 1. The van der Waals surface area contributed by atoms with Gasteiger partial charge in [-0.25, -0.2) is 15.0 Å². The van der Waals surface area contributed by atoms with Gasteiger partial charge in [0.15, 0.2) is 10.8 Å². The molecule has 1 fully saturated rings. The minimum absolute atomic E-state index is 0.266. The van der Waals surface area contributed by atoms with E-state index in [1.54, 1.807) is 23.8 Å². The molecular weight excluding hydrogens is 300 g/mol. The first kappa shape index (κ1) is 15.1. The Labute approximate surface area is 132 Å². The summed E-state index contributed by atoms with van der Waals surface area (Å²) in [7, 11) is 0. The number of hydrogen-bond donors (Lipinski definition) is 2. The van der Waals surface area contributed by atoms with E-state index >= 15 is 0 Å². The second-order valence-electron chi connectivity index (χ2n) is 5.58. The zero-order valence-electron chi connectivity index (χ0n) is 12.2. The van der Waals surface area contributed by atoms with E-state index in [2.05, 4.69) is 20.3 Å². The van der Waals surface area contributed by atoms with Crippen LogP contribution in [-0.4, -0.2) is 38.1 Å². The Kier molecular flexibility index (Phi) is 4.44. The van der Waals surface area contributed by atoms with E-state index in [0.717, 1.165) is 32.1 Å². The van der Waals surface area contributed by atoms with E-state index in [-0.39, 0.29) is 12.5 Å². The molecule has 0 radical (unpaired) electrons. The minimum atomic E-state index is -0.769. The van der Waals surface area contributed by atoms with Crippen LogP contribution >= 0.6 is 11.3 Å². The SMILES string of the molecule is O=C(NCC1(O)CCCCC1)c1csc(-c2ncccn2)n1. The van der Waals surface area contributed by atoms with Crippen LogP contribution in [0.4, 0.5) is 0 Å². The molecule has 6 nitrogen and oxygen atoms in total. The fourth-order valence-corrected chi connectivity index (χ4v) is 3.36. The summed E-state index contributed by atoms with van der Waals surface area (Å²) in [5.74, 6) is 0.245. The molecule has 1 amide bonds. The van der Waals surface area contributed by atoms with Gasteiger partial charge in [0.2, 0.25) is 0 Å². The summed E-state index contributed by atoms with van der Waals surface area (Å²) in [6, 6.07) is 1.73. The van der Waals surface area contributed by atoms with Gasteiger partial charge in [-0.15, -0.1) is 11.3 Å². The molecule has 1 aliphatic rings. The van der Waals surface area contributed by atoms with Crippen LogP contribution in [0.15, 0.2) is 23.8 Å². The molecule has 1 aliphatic carbocycles. The molecule has 2 heterocycles. The highest BCUT2D eigenvalue weighted by Gasteiger charge is 2.29. The maximum Gasteiger partial charge on any atom is 0.270 e. The number of nitrogens with zero attached hydrogens (tertiary/aromatic N) is 3. The Morgan fingerprint density at radius 2 is 2.00 bits per heavy atom. The molecule has 2 aromatic heterocycles. The predicted octanol–water partition coefficient (Wildman–Crippen LogP) is 2.03. The molecule has 0 aliphatic heterocycles. The summed E-state index contributed by atoms with van der Waals surface area (Å²) >= 11 is 1.33. The molecule has 0 saturated heterocycles. The second-order valence-corrected chi connectivity index (χ2v) is 6.44. The number of hydrogen-bond acceptors (Lipinski definition) is 6. The third-order valence-electron chi connectivity index (χ3n) is 3.86. The summed E-state index contributed by atoms with van der Waals surface area (Å²) in [6.07, 6.45) is 7.95. The van der Waals surface area contributed by atoms with Crippen molar-refractivity contribution in [3.05, 3.63) is 29.5 Å². The topological polar surface area (TPSA) is 88.0 Å². The van der Waals surface area contributed by atoms with Crippen molar-refractivity contribution >= 4 is 17.2 Å². The molecule has 1 saturated carbocycles. The van der Waals surface area contributed by atoms with Crippen molar-refractivity contribution in [1.29, 1.82) is 0 Å². The summed E-state index contributed by atoms with van der Waals surface area (Å²) in [5, 5.41) is 15.5. The fraction of sp³-hybridized carbons (Fsp3) is 0.467. The van der Waals surface area contributed by atoms with Crippen molar-refractivity contribution < 1.29 is 9.90 Å². The zero-order valence-corrected chi connectivity index (χ0v) is 13.0. The van der Waals surface area contributed by atoms with Crippen LogP contribution in [-0.2, 0) is 0 Å². The molecular formula is C15H18N4O2S. The van der Waals surface area contributed by atoms with Crippen LogP contribution in [0, 0.1) is 0 Å². The standard InChI is InChI=1S/C15H18N4O2S/c20-13(18-10-15(21)5-2-1-3-6-15)11-9-22-14(19-11)12-16-7-4-8-17-12/h4,7-9,21H,1-3,5-6,10H2,(H,18,20). The molecule has 0 spiro atoms. The first-order valence-corrected chi connectivity index (χ1v) is 8.28. The molecule has 7 heteroatoms. The van der Waals surface area contributed by atoms with Gasteiger partial charge in [-0.1, -0.05) is 19.3 Å². The van der Waals surface area contributed by atoms with Crippen molar-refractivity contribution in [1.82, 2.24) is 20.3 Å². The lowest BCUT2D eigenvalue weighted by atomic mass is 9.85. The minimum Gasteiger partial charge on any atom is -0.388 e. The Hall–Kier alpha value is -1.86. The monoisotopic (exact) mass is 318 g/mol. The number of aromatic nitrogens is 3. The van der Waals surface area contributed by atoms with Gasteiger partial charge in [-0.2, -0.15) is 0 Å². The van der Waals surface area contributed by atoms with Crippen LogP contribution in [0.25, 0.3) is 10.8 Å². The van der Waals surface area contributed by atoms with Gasteiger partial charge in [0.05, 0.1) is 5.60 Å². The molecule has 2 aromatic rings. The van der Waals surface area contributed by atoms with E-state index in [1.165, 1.54) is 11.3 Å². The fourth-order valence-electron chi connectivity index (χ4n) is 2.61. The van der Waals surface area contributed by atoms with E-state index in [0.29, 0.717) is 16.5 Å². The highest BCUT2D eigenvalue weighted by Crippen LogP contribution is 2.27. The Bertz CT molecular complexity index is 638. The smallest absolute Gasteiger partial charge is 0.270 e. The third kappa shape index (κ3) is 3.48. The quantitative estimate of drug-likeness (QED) is 0.900. The van der Waals surface area contributed by atoms with Crippen molar-refractivity contribution in [3.8, 4) is 10.8 Å². The largest absolute Gasteiger partial charge is 0.388 e. The summed E-state index contributed by atoms with van der Waals surface area (Å²) < 4.78 is 0. The van der Waals surface area contributed by atoms with Gasteiger partial charge in [-0.05, 0) is 18.9 Å². The number of aliphatic hydroxyl groups is 1. The van der Waals surface area contributed by atoms with Crippen LogP contribution < -0.4 is 5.32 Å². The van der Waals surface area contributed by atoms with Crippen LogP contribution in [0.3, 0.4) is 0 Å². The summed E-state index contributed by atoms with van der Waals surface area (Å²) in [4.78, 5) is 24.7. The lowest BCUT2D eigenvalue weighted by molar-refractivity contribution is 0.00522. The normalized spacial score (nSPS) is 17.1. The molecule has 0 unspecified atom stereocenters. The molecule has 3 rings (SSSR count). The Morgan fingerprint density at radius 1 is 1.27 bits per heavy atom. The lowest BCUT2D eigenvalue weighted by Crippen LogP contribution is -2.44. The van der Waals surface area contributed by atoms with E-state index in [4.69, 9.17) is 0 Å². The van der Waals surface area contributed by atoms with Crippen LogP contribution in [0.1, 0.15) is 42.6 Å². The molecule has 22 heavy (non-hydrogen) atoms. The molecule has 0 atom stereocenters. The highest BCUT2D eigenvalue weighted by atomic mass is 32.1. The van der Waals surface area contributed by atoms with Gasteiger partial charge < -0.3 is 10.4 Å². The number of amides is 1. The van der Waals surface area contributed by atoms with Gasteiger partial charge in [0, 0.05) is 24.3 Å².